The van der Waals surface area contributed by atoms with E-state index in [9.17, 15) is 84.3 Å². The van der Waals surface area contributed by atoms with Gasteiger partial charge in [-0.2, -0.15) is 0 Å². The minimum atomic E-state index is -1.43. The topological polar surface area (TPSA) is 498 Å². The van der Waals surface area contributed by atoms with Crippen molar-refractivity contribution in [3.63, 3.8) is 0 Å². The summed E-state index contributed by atoms with van der Waals surface area (Å²) in [5.41, 5.74) is -1.70. The number of rotatable bonds is 52. The molecule has 580 valence electrons. The molecule has 3 heterocycles. The molecule has 17 N–H and O–H groups in total. The van der Waals surface area contributed by atoms with Crippen molar-refractivity contribution in [1.29, 1.82) is 0 Å². The van der Waals surface area contributed by atoms with E-state index in [0.29, 0.717) is 103 Å². The predicted molar refractivity (Wildman–Crippen MR) is 356 cm³/mol. The lowest BCUT2D eigenvalue weighted by molar-refractivity contribution is -0.270. The Morgan fingerprint density at radius 1 is 0.380 bits per heavy atom. The Hall–Kier alpha value is -4.96. The first kappa shape index (κ1) is 89.3. The number of amides is 8. The zero-order chi connectivity index (χ0) is 74.0. The van der Waals surface area contributed by atoms with Crippen LogP contribution in [-0.4, -0.2) is 289 Å². The minimum Gasteiger partial charge on any atom is -0.394 e. The van der Waals surface area contributed by atoms with Gasteiger partial charge in [0.05, 0.1) is 57.4 Å². The number of nitrogens with one attached hydrogen (secondary N) is 8. The fraction of sp³-hybridized carbons (Fsp3) is 0.879. The van der Waals surface area contributed by atoms with Crippen LogP contribution in [-0.2, 0) is 81.0 Å². The van der Waals surface area contributed by atoms with Gasteiger partial charge in [-0.25, -0.2) is 0 Å². The summed E-state index contributed by atoms with van der Waals surface area (Å²) in [6.07, 6.45) is -5.93. The first-order chi connectivity index (χ1) is 47.6. The summed E-state index contributed by atoms with van der Waals surface area (Å²) in [5, 5.41) is 113. The molecule has 0 spiro atoms. The summed E-state index contributed by atoms with van der Waals surface area (Å²) in [6.45, 7) is 8.97. The van der Waals surface area contributed by atoms with Crippen LogP contribution in [0.1, 0.15) is 176 Å². The summed E-state index contributed by atoms with van der Waals surface area (Å²) in [6, 6.07) is -3.15. The highest BCUT2D eigenvalue weighted by atomic mass is 16.7. The van der Waals surface area contributed by atoms with Gasteiger partial charge in [-0.3, -0.25) is 38.4 Å². The molecular weight excluding hydrogens is 1320 g/mol. The van der Waals surface area contributed by atoms with E-state index in [0.717, 1.165) is 6.42 Å². The fourth-order valence-corrected chi connectivity index (χ4v) is 11.3. The molecule has 8 amide bonds. The molecule has 0 bridgehead atoms. The highest BCUT2D eigenvalue weighted by Crippen LogP contribution is 2.26. The standard InChI is InChI=1S/C66H120N8O26/c1-42(78)71-53-59(89)56(86)45(36-75)98-62(53)94-31-18-10-7-15-28-67-48(81)22-13-14-27-66(74-52(85)24-21-23-49(82)70-41-97-65(4,5)6,39-92-34-25-50(83)68-29-16-8-11-19-32-95-63-54(72-43(2)79)60(90)57(87)46(37-76)99-63)40-93-35-26-51(84)69-30-17-9-12-20-33-96-64-55(73-44(3)80)61(91)58(88)47(38-77)100-64/h45-47,53-64,75-77,86-91H,7-41H2,1-6H3,(H,67,81)(H,68,83)(H,69,84)(H,70,82)(H,71,78)(H,72,79)(H,73,80)(H,74,85)/t45?,46?,47?,53?,54?,55?,56-,57-,58-,59+,60+,61+,62+,63+,64+,66?/m0/s1. The van der Waals surface area contributed by atoms with Crippen LogP contribution in [0.3, 0.4) is 0 Å². The Morgan fingerprint density at radius 3 is 1.06 bits per heavy atom. The molecule has 0 aromatic carbocycles. The molecule has 34 nitrogen and oxygen atoms in total. The fourth-order valence-electron chi connectivity index (χ4n) is 11.3. The monoisotopic (exact) mass is 1440 g/mol. The van der Waals surface area contributed by atoms with Crippen molar-refractivity contribution in [2.75, 3.05) is 92.4 Å². The molecule has 6 unspecified atom stereocenters. The molecule has 3 rings (SSSR count). The smallest absolute Gasteiger partial charge is 0.222 e. The minimum absolute atomic E-state index is 0.00829. The third-order valence-electron chi connectivity index (χ3n) is 16.8. The lowest BCUT2D eigenvalue weighted by Gasteiger charge is -2.42. The molecule has 0 radical (unpaired) electrons. The molecule has 3 aliphatic heterocycles. The maximum atomic E-state index is 13.9. The second-order valence-corrected chi connectivity index (χ2v) is 26.7. The third kappa shape index (κ3) is 36.0. The number of unbranched alkanes of at least 4 members (excludes halogenated alkanes) is 10. The first-order valence-electron chi connectivity index (χ1n) is 35.3. The molecular formula is C66H120N8O26. The zero-order valence-electron chi connectivity index (χ0n) is 59.4. The number of aliphatic hydroxyl groups excluding tert-OH is 9. The molecule has 3 aliphatic rings. The van der Waals surface area contributed by atoms with Gasteiger partial charge in [-0.1, -0.05) is 44.9 Å². The number of hydrogen-bond donors (Lipinski definition) is 17. The van der Waals surface area contributed by atoms with E-state index in [1.54, 1.807) is 0 Å². The molecule has 0 aliphatic carbocycles. The second-order valence-electron chi connectivity index (χ2n) is 26.7. The van der Waals surface area contributed by atoms with Crippen LogP contribution in [0, 0.1) is 0 Å². The van der Waals surface area contributed by atoms with Crippen LogP contribution in [0.25, 0.3) is 0 Å². The molecule has 34 heteroatoms. The van der Waals surface area contributed by atoms with E-state index in [-0.39, 0.29) is 122 Å². The molecule has 0 saturated carbocycles. The number of hydrogen-bond acceptors (Lipinski definition) is 26. The second kappa shape index (κ2) is 49.7. The molecule has 15 atom stereocenters. The summed E-state index contributed by atoms with van der Waals surface area (Å²) in [7, 11) is 0. The first-order valence-corrected chi connectivity index (χ1v) is 35.3. The van der Waals surface area contributed by atoms with Gasteiger partial charge in [0.2, 0.25) is 47.3 Å². The van der Waals surface area contributed by atoms with Crippen LogP contribution in [0.15, 0.2) is 0 Å². The normalized spacial score (nSPS) is 26.0. The SMILES string of the molecule is CC(=O)NC1[C@H](OCCCCCCNC(=O)CCCCC(COCCC(=O)NCCCCCCO[C@@H]2OC(CO)[C@H](O)[C@H](O)C2NC(C)=O)(COCCC(=O)NCCCCCCO[C@@H]2OC(CO)[C@H](O)[C@H](O)C2NC(C)=O)NC(=O)CCCC(=O)NCOC(C)(C)C)OC(CO)[C@H](O)[C@@H]1O. The Kier molecular flexibility index (Phi) is 44.3. The van der Waals surface area contributed by atoms with Crippen LogP contribution < -0.4 is 42.5 Å². The van der Waals surface area contributed by atoms with Crippen molar-refractivity contribution in [1.82, 2.24) is 42.5 Å². The Bertz CT molecular complexity index is 2160. The summed E-state index contributed by atoms with van der Waals surface area (Å²) >= 11 is 0. The lowest BCUT2D eigenvalue weighted by Crippen LogP contribution is -2.64. The highest BCUT2D eigenvalue weighted by molar-refractivity contribution is 5.80. The van der Waals surface area contributed by atoms with Crippen molar-refractivity contribution in [2.24, 2.45) is 0 Å². The highest BCUT2D eigenvalue weighted by Gasteiger charge is 2.48. The zero-order valence-corrected chi connectivity index (χ0v) is 59.4. The van der Waals surface area contributed by atoms with Gasteiger partial charge in [-0.15, -0.1) is 0 Å². The number of carbonyl (C=O) groups is 8. The molecule has 3 fully saturated rings. The van der Waals surface area contributed by atoms with E-state index < -0.39 is 147 Å². The third-order valence-corrected chi connectivity index (χ3v) is 16.8. The average molecular weight is 1440 g/mol. The lowest BCUT2D eigenvalue weighted by atomic mass is 9.92. The molecule has 100 heavy (non-hydrogen) atoms. The van der Waals surface area contributed by atoms with Crippen molar-refractivity contribution in [3.8, 4) is 0 Å². The summed E-state index contributed by atoms with van der Waals surface area (Å²) < 4.78 is 52.1. The molecule has 0 aromatic rings. The van der Waals surface area contributed by atoms with E-state index in [1.807, 2.05) is 20.8 Å². The predicted octanol–water partition coefficient (Wildman–Crippen LogP) is -2.82. The van der Waals surface area contributed by atoms with Gasteiger partial charge < -0.3 is 131 Å². The van der Waals surface area contributed by atoms with Crippen molar-refractivity contribution in [2.45, 2.75) is 279 Å². The van der Waals surface area contributed by atoms with Crippen LogP contribution in [0.5, 0.6) is 0 Å². The maximum absolute atomic E-state index is 13.9. The van der Waals surface area contributed by atoms with Crippen LogP contribution in [0.2, 0.25) is 0 Å². The van der Waals surface area contributed by atoms with Gasteiger partial charge in [0.1, 0.15) is 79.8 Å². The van der Waals surface area contributed by atoms with Crippen molar-refractivity contribution < 1.29 is 127 Å². The Balaban J connectivity index is 1.58. The van der Waals surface area contributed by atoms with Crippen molar-refractivity contribution in [3.05, 3.63) is 0 Å². The maximum Gasteiger partial charge on any atom is 0.222 e. The van der Waals surface area contributed by atoms with E-state index in [4.69, 9.17) is 42.6 Å². The van der Waals surface area contributed by atoms with Gasteiger partial charge in [-0.05, 0) is 78.6 Å². The van der Waals surface area contributed by atoms with E-state index in [2.05, 4.69) is 42.5 Å². The number of carbonyl (C=O) groups excluding carboxylic acids is 8. The number of aliphatic hydroxyl groups is 9. The average Bonchev–Trinajstić information content (AvgIpc) is 0.826. The van der Waals surface area contributed by atoms with Gasteiger partial charge in [0.25, 0.3) is 0 Å². The van der Waals surface area contributed by atoms with Gasteiger partial charge in [0.15, 0.2) is 18.9 Å². The Morgan fingerprint density at radius 2 is 0.710 bits per heavy atom. The Labute approximate surface area is 586 Å². The van der Waals surface area contributed by atoms with E-state index in [1.165, 1.54) is 20.8 Å². The van der Waals surface area contributed by atoms with Gasteiger partial charge >= 0.3 is 0 Å². The van der Waals surface area contributed by atoms with Crippen LogP contribution in [0.4, 0.5) is 0 Å². The van der Waals surface area contributed by atoms with Crippen molar-refractivity contribution >= 4 is 47.3 Å². The molecule has 3 saturated heterocycles. The van der Waals surface area contributed by atoms with E-state index >= 15 is 0 Å². The summed E-state index contributed by atoms with van der Waals surface area (Å²) in [5.74, 6) is -2.87. The van der Waals surface area contributed by atoms with Crippen LogP contribution >= 0.6 is 0 Å². The quantitative estimate of drug-likeness (QED) is 0.0216. The van der Waals surface area contributed by atoms with Gasteiger partial charge in [0, 0.05) is 92.3 Å². The number of ether oxygens (including phenoxy) is 9. The largest absolute Gasteiger partial charge is 0.394 e. The molecule has 0 aromatic heterocycles. The summed E-state index contributed by atoms with van der Waals surface area (Å²) in [4.78, 5) is 101.